The quantitative estimate of drug-likeness (QED) is 0.243. The summed E-state index contributed by atoms with van der Waals surface area (Å²) in [4.78, 5) is 11.8. The fourth-order valence-corrected chi connectivity index (χ4v) is 4.02. The molecule has 3 rings (SSSR count). The Morgan fingerprint density at radius 1 is 0.879 bits per heavy atom. The van der Waals surface area contributed by atoms with Crippen LogP contribution in [0.25, 0.3) is 0 Å². The maximum atomic E-state index is 10.9. The minimum Gasteiger partial charge on any atom is -0.479 e. The van der Waals surface area contributed by atoms with Gasteiger partial charge in [0.25, 0.3) is 10.1 Å². The van der Waals surface area contributed by atoms with Crippen LogP contribution in [0.1, 0.15) is 33.4 Å². The molecule has 6 N–H and O–H groups in total. The van der Waals surface area contributed by atoms with Gasteiger partial charge in [-0.15, -0.1) is 0 Å². The molecule has 0 aliphatic rings. The molecule has 0 aliphatic carbocycles. The summed E-state index contributed by atoms with van der Waals surface area (Å²) in [7, 11) is -4.13. The maximum absolute atomic E-state index is 10.9. The van der Waals surface area contributed by atoms with Gasteiger partial charge < -0.3 is 21.5 Å². The summed E-state index contributed by atoms with van der Waals surface area (Å²) in [6, 6.07) is 7.82. The number of aryl methyl sites for hydroxylation is 4. The van der Waals surface area contributed by atoms with Crippen molar-refractivity contribution in [2.75, 3.05) is 28.7 Å². The first-order chi connectivity index (χ1) is 15.4. The number of nitrogens with zero attached hydrogens (tertiary/aromatic N) is 3. The molecule has 11 heteroatoms. The summed E-state index contributed by atoms with van der Waals surface area (Å²) in [5.74, 6) is -0.440. The Balaban J connectivity index is 1.79. The lowest BCUT2D eigenvalue weighted by Gasteiger charge is -2.15. The smallest absolute Gasteiger partial charge is 0.320 e. The number of nitrogen functional groups attached to an aromatic ring is 1. The van der Waals surface area contributed by atoms with Gasteiger partial charge >= 0.3 is 6.01 Å². The summed E-state index contributed by atoms with van der Waals surface area (Å²) in [6.07, 6.45) is 0.762. The molecule has 3 aromatic rings. The van der Waals surface area contributed by atoms with E-state index in [1.807, 2.05) is 27.7 Å². The third kappa shape index (κ3) is 6.53. The molecule has 0 unspecified atom stereocenters. The van der Waals surface area contributed by atoms with Gasteiger partial charge in [-0.25, -0.2) is 0 Å². The standard InChI is InChI=1S/C22H28N6O4S/c1-12-7-16(8-13(2)18(12)23)11-17-9-14(3)19(15(4)10-17)25-21-26-20(27-22(29)28-21)24-5-6-33(30,31)32/h7-10H,5-6,11,23H2,1-4H3,(H,30,31,32)(H3,24,25,26,27,28,29). The predicted molar refractivity (Wildman–Crippen MR) is 129 cm³/mol. The maximum Gasteiger partial charge on any atom is 0.320 e. The molecule has 0 atom stereocenters. The molecule has 1 aromatic heterocycles. The number of rotatable bonds is 8. The Bertz CT molecular complexity index is 1250. The minimum absolute atomic E-state index is 0.0188. The molecular weight excluding hydrogens is 444 g/mol. The van der Waals surface area contributed by atoms with E-state index in [0.29, 0.717) is 0 Å². The van der Waals surface area contributed by atoms with Crippen LogP contribution in [0.4, 0.5) is 23.3 Å². The van der Waals surface area contributed by atoms with Crippen molar-refractivity contribution in [3.63, 3.8) is 0 Å². The van der Waals surface area contributed by atoms with Crippen molar-refractivity contribution in [1.82, 2.24) is 15.0 Å². The van der Waals surface area contributed by atoms with Crippen molar-refractivity contribution in [2.24, 2.45) is 0 Å². The number of anilines is 4. The van der Waals surface area contributed by atoms with E-state index in [4.69, 9.17) is 10.3 Å². The zero-order valence-electron chi connectivity index (χ0n) is 19.0. The van der Waals surface area contributed by atoms with E-state index in [1.54, 1.807) is 0 Å². The molecule has 1 heterocycles. The van der Waals surface area contributed by atoms with Crippen LogP contribution in [0.3, 0.4) is 0 Å². The molecule has 0 saturated carbocycles. The molecule has 0 saturated heterocycles. The zero-order chi connectivity index (χ0) is 24.3. The van der Waals surface area contributed by atoms with Gasteiger partial charge in [0.2, 0.25) is 11.9 Å². The van der Waals surface area contributed by atoms with Crippen LogP contribution in [0.2, 0.25) is 0 Å². The number of nitrogens with one attached hydrogen (secondary N) is 2. The van der Waals surface area contributed by atoms with Crippen molar-refractivity contribution >= 4 is 33.4 Å². The highest BCUT2D eigenvalue weighted by atomic mass is 32.2. The van der Waals surface area contributed by atoms with Crippen molar-refractivity contribution in [2.45, 2.75) is 34.1 Å². The van der Waals surface area contributed by atoms with Gasteiger partial charge in [0.15, 0.2) is 0 Å². The molecule has 33 heavy (non-hydrogen) atoms. The van der Waals surface area contributed by atoms with E-state index in [1.165, 1.54) is 5.56 Å². The summed E-state index contributed by atoms with van der Waals surface area (Å²) >= 11 is 0. The van der Waals surface area contributed by atoms with Gasteiger partial charge in [-0.3, -0.25) is 4.55 Å². The minimum atomic E-state index is -4.13. The number of aromatic nitrogens is 3. The molecule has 0 amide bonds. The number of aromatic hydroxyl groups is 1. The largest absolute Gasteiger partial charge is 0.479 e. The molecule has 0 spiro atoms. The van der Waals surface area contributed by atoms with Crippen LogP contribution in [-0.4, -0.2) is 45.3 Å². The second-order valence-electron chi connectivity index (χ2n) is 8.05. The van der Waals surface area contributed by atoms with Crippen molar-refractivity contribution in [3.8, 4) is 6.01 Å². The van der Waals surface area contributed by atoms with Crippen molar-refractivity contribution < 1.29 is 18.1 Å². The first-order valence-electron chi connectivity index (χ1n) is 10.3. The molecular formula is C22H28N6O4S. The van der Waals surface area contributed by atoms with Gasteiger partial charge in [-0.2, -0.15) is 23.4 Å². The summed E-state index contributed by atoms with van der Waals surface area (Å²) in [5.41, 5.74) is 14.1. The van der Waals surface area contributed by atoms with Gasteiger partial charge in [0.1, 0.15) is 0 Å². The SMILES string of the molecule is Cc1cc(Cc2cc(C)c(Nc3nc(O)nc(NCCS(=O)(=O)O)n3)c(C)c2)cc(C)c1N. The molecule has 2 aromatic carbocycles. The van der Waals surface area contributed by atoms with Crippen LogP contribution in [-0.2, 0) is 16.5 Å². The fraction of sp³-hybridized carbons (Fsp3) is 0.318. The highest BCUT2D eigenvalue weighted by Gasteiger charge is 2.12. The molecule has 10 nitrogen and oxygen atoms in total. The lowest BCUT2D eigenvalue weighted by Crippen LogP contribution is -2.16. The summed E-state index contributed by atoms with van der Waals surface area (Å²) in [6.45, 7) is 7.81. The van der Waals surface area contributed by atoms with E-state index in [0.717, 1.165) is 45.6 Å². The second kappa shape index (κ2) is 9.59. The van der Waals surface area contributed by atoms with Gasteiger partial charge in [0.05, 0.1) is 5.75 Å². The van der Waals surface area contributed by atoms with E-state index in [9.17, 15) is 13.5 Å². The average Bonchev–Trinajstić information content (AvgIpc) is 2.67. The number of benzene rings is 2. The monoisotopic (exact) mass is 472 g/mol. The van der Waals surface area contributed by atoms with Gasteiger partial charge in [-0.1, -0.05) is 24.3 Å². The normalized spacial score (nSPS) is 11.4. The third-order valence-corrected chi connectivity index (χ3v) is 5.88. The number of hydrogen-bond donors (Lipinski definition) is 5. The third-order valence-electron chi connectivity index (χ3n) is 5.16. The topological polar surface area (TPSA) is 163 Å². The highest BCUT2D eigenvalue weighted by Crippen LogP contribution is 2.28. The van der Waals surface area contributed by atoms with E-state index in [-0.39, 0.29) is 18.4 Å². The lowest BCUT2D eigenvalue weighted by molar-refractivity contribution is 0.430. The Hall–Kier alpha value is -3.44. The molecule has 0 fully saturated rings. The number of hydrogen-bond acceptors (Lipinski definition) is 9. The zero-order valence-corrected chi connectivity index (χ0v) is 19.8. The summed E-state index contributed by atoms with van der Waals surface area (Å²) < 4.78 is 30.5. The molecule has 176 valence electrons. The first-order valence-corrected chi connectivity index (χ1v) is 11.9. The first kappa shape index (κ1) is 24.2. The van der Waals surface area contributed by atoms with Crippen LogP contribution in [0.5, 0.6) is 6.01 Å². The number of nitrogens with two attached hydrogens (primary N) is 1. The lowest BCUT2D eigenvalue weighted by atomic mass is 9.96. The Morgan fingerprint density at radius 3 is 1.94 bits per heavy atom. The van der Waals surface area contributed by atoms with Crippen molar-refractivity contribution in [3.05, 3.63) is 57.6 Å². The molecule has 0 bridgehead atoms. The Morgan fingerprint density at radius 2 is 1.39 bits per heavy atom. The highest BCUT2D eigenvalue weighted by molar-refractivity contribution is 7.85. The average molecular weight is 473 g/mol. The Labute approximate surface area is 193 Å². The molecule has 0 radical (unpaired) electrons. The summed E-state index contributed by atoms with van der Waals surface area (Å²) in [5, 5.41) is 15.6. The van der Waals surface area contributed by atoms with E-state index >= 15 is 0 Å². The van der Waals surface area contributed by atoms with Crippen LogP contribution >= 0.6 is 0 Å². The predicted octanol–water partition coefficient (Wildman–Crippen LogP) is 3.03. The second-order valence-corrected chi connectivity index (χ2v) is 9.62. The molecule has 0 aliphatic heterocycles. The Kier molecular flexibility index (Phi) is 7.04. The van der Waals surface area contributed by atoms with Gasteiger partial charge in [-0.05, 0) is 67.5 Å². The van der Waals surface area contributed by atoms with Crippen LogP contribution in [0.15, 0.2) is 24.3 Å². The van der Waals surface area contributed by atoms with E-state index < -0.39 is 21.9 Å². The van der Waals surface area contributed by atoms with Crippen molar-refractivity contribution in [1.29, 1.82) is 0 Å². The van der Waals surface area contributed by atoms with Crippen LogP contribution < -0.4 is 16.4 Å². The van der Waals surface area contributed by atoms with E-state index in [2.05, 4.69) is 49.9 Å². The van der Waals surface area contributed by atoms with Gasteiger partial charge in [0, 0.05) is 17.9 Å². The van der Waals surface area contributed by atoms with Crippen LogP contribution in [0, 0.1) is 27.7 Å². The fourth-order valence-electron chi connectivity index (χ4n) is 3.66.